The van der Waals surface area contributed by atoms with Gasteiger partial charge >= 0.3 is 0 Å². The van der Waals surface area contributed by atoms with E-state index in [2.05, 4.69) is 5.48 Å². The Morgan fingerprint density at radius 2 is 1.61 bits per heavy atom. The van der Waals surface area contributed by atoms with Crippen molar-refractivity contribution in [1.29, 1.82) is 0 Å². The van der Waals surface area contributed by atoms with Gasteiger partial charge in [0.1, 0.15) is 11.5 Å². The molecular formula is C23H26ClNO7S. The SMILES string of the molecule is O=C(NOC1CCCCO1)C1(S(=O)(=O)c2ccc(Oc3ccc(Cl)cc3)cc2)CCOCC1. The number of rotatable bonds is 7. The Morgan fingerprint density at radius 1 is 0.970 bits per heavy atom. The molecule has 10 heteroatoms. The van der Waals surface area contributed by atoms with Crippen LogP contribution in [0.1, 0.15) is 32.1 Å². The molecule has 33 heavy (non-hydrogen) atoms. The van der Waals surface area contributed by atoms with Crippen LogP contribution in [-0.2, 0) is 28.9 Å². The molecule has 178 valence electrons. The number of sulfone groups is 1. The van der Waals surface area contributed by atoms with Crippen LogP contribution in [0.5, 0.6) is 11.5 Å². The normalized spacial score (nSPS) is 20.7. The molecule has 2 aromatic rings. The van der Waals surface area contributed by atoms with Crippen molar-refractivity contribution in [3.63, 3.8) is 0 Å². The number of halogens is 1. The van der Waals surface area contributed by atoms with Crippen molar-refractivity contribution in [1.82, 2.24) is 5.48 Å². The van der Waals surface area contributed by atoms with Crippen LogP contribution >= 0.6 is 11.6 Å². The average Bonchev–Trinajstić information content (AvgIpc) is 2.85. The van der Waals surface area contributed by atoms with E-state index in [1.165, 1.54) is 12.1 Å². The summed E-state index contributed by atoms with van der Waals surface area (Å²) in [4.78, 5) is 18.6. The number of hydrogen-bond acceptors (Lipinski definition) is 7. The fourth-order valence-electron chi connectivity index (χ4n) is 3.89. The summed E-state index contributed by atoms with van der Waals surface area (Å²) in [6, 6.07) is 12.8. The van der Waals surface area contributed by atoms with Crippen molar-refractivity contribution in [3.8, 4) is 11.5 Å². The number of carbonyl (C=O) groups is 1. The molecule has 1 atom stereocenters. The minimum Gasteiger partial charge on any atom is -0.457 e. The highest BCUT2D eigenvalue weighted by Crippen LogP contribution is 2.36. The Morgan fingerprint density at radius 3 is 2.21 bits per heavy atom. The molecule has 4 rings (SSSR count). The summed E-state index contributed by atoms with van der Waals surface area (Å²) < 4.78 is 42.2. The number of hydrogen-bond donors (Lipinski definition) is 1. The molecule has 8 nitrogen and oxygen atoms in total. The number of nitrogens with one attached hydrogen (secondary N) is 1. The molecule has 0 radical (unpaired) electrons. The molecule has 0 saturated carbocycles. The third-order valence-electron chi connectivity index (χ3n) is 5.83. The molecule has 0 aliphatic carbocycles. The minimum absolute atomic E-state index is 0.0249. The molecule has 2 saturated heterocycles. The van der Waals surface area contributed by atoms with Crippen LogP contribution in [0.4, 0.5) is 0 Å². The molecule has 1 amide bonds. The minimum atomic E-state index is -4.06. The number of carbonyl (C=O) groups excluding carboxylic acids is 1. The summed E-state index contributed by atoms with van der Waals surface area (Å²) in [5.41, 5.74) is 2.35. The van der Waals surface area contributed by atoms with Crippen molar-refractivity contribution < 1.29 is 32.3 Å². The largest absolute Gasteiger partial charge is 0.457 e. The first kappa shape index (κ1) is 24.0. The molecule has 0 aromatic heterocycles. The second kappa shape index (κ2) is 10.4. The van der Waals surface area contributed by atoms with Gasteiger partial charge in [0.2, 0.25) is 0 Å². The lowest BCUT2D eigenvalue weighted by Gasteiger charge is -2.35. The lowest BCUT2D eigenvalue weighted by atomic mass is 9.98. The van der Waals surface area contributed by atoms with Gasteiger partial charge in [-0.05, 0) is 74.2 Å². The molecule has 0 bridgehead atoms. The van der Waals surface area contributed by atoms with Crippen molar-refractivity contribution in [2.75, 3.05) is 19.8 Å². The lowest BCUT2D eigenvalue weighted by molar-refractivity contribution is -0.202. The lowest BCUT2D eigenvalue weighted by Crippen LogP contribution is -2.56. The van der Waals surface area contributed by atoms with Crippen molar-refractivity contribution in [2.24, 2.45) is 0 Å². The van der Waals surface area contributed by atoms with Crippen LogP contribution in [0.2, 0.25) is 5.02 Å². The number of ether oxygens (including phenoxy) is 3. The Bertz CT molecular complexity index is 1050. The first-order valence-corrected chi connectivity index (χ1v) is 12.7. The summed E-state index contributed by atoms with van der Waals surface area (Å²) >= 11 is 5.88. The third-order valence-corrected chi connectivity index (χ3v) is 8.60. The molecular weight excluding hydrogens is 470 g/mol. The second-order valence-corrected chi connectivity index (χ2v) is 10.7. The fraction of sp³-hybridized carbons (Fsp3) is 0.435. The Hall–Kier alpha value is -2.17. The molecule has 2 heterocycles. The average molecular weight is 496 g/mol. The van der Waals surface area contributed by atoms with Crippen LogP contribution in [0.15, 0.2) is 53.4 Å². The Kier molecular flexibility index (Phi) is 7.55. The molecule has 1 N–H and O–H groups in total. The first-order valence-electron chi connectivity index (χ1n) is 10.8. The van der Waals surface area contributed by atoms with Crippen LogP contribution < -0.4 is 10.2 Å². The summed E-state index contributed by atoms with van der Waals surface area (Å²) in [6.45, 7) is 0.858. The van der Waals surface area contributed by atoms with Gasteiger partial charge in [0.25, 0.3) is 5.91 Å². The maximum Gasteiger partial charge on any atom is 0.265 e. The molecule has 0 spiro atoms. The van der Waals surface area contributed by atoms with Crippen LogP contribution in [0, 0.1) is 0 Å². The zero-order valence-corrected chi connectivity index (χ0v) is 19.6. The van der Waals surface area contributed by atoms with Gasteiger partial charge in [0, 0.05) is 31.3 Å². The van der Waals surface area contributed by atoms with Gasteiger partial charge in [-0.1, -0.05) is 11.6 Å². The number of amides is 1. The van der Waals surface area contributed by atoms with Crippen molar-refractivity contribution >= 4 is 27.3 Å². The van der Waals surface area contributed by atoms with E-state index in [1.807, 2.05) is 0 Å². The van der Waals surface area contributed by atoms with E-state index in [9.17, 15) is 13.2 Å². The number of hydroxylamine groups is 1. The maximum atomic E-state index is 13.7. The van der Waals surface area contributed by atoms with Gasteiger partial charge in [-0.25, -0.2) is 18.7 Å². The second-order valence-electron chi connectivity index (χ2n) is 7.98. The third kappa shape index (κ3) is 5.33. The highest BCUT2D eigenvalue weighted by Gasteiger charge is 2.52. The van der Waals surface area contributed by atoms with Gasteiger partial charge in [0.15, 0.2) is 20.9 Å². The summed E-state index contributed by atoms with van der Waals surface area (Å²) in [6.07, 6.45) is 1.96. The highest BCUT2D eigenvalue weighted by atomic mass is 35.5. The monoisotopic (exact) mass is 495 g/mol. The Balaban J connectivity index is 1.52. The predicted octanol–water partition coefficient (Wildman–Crippen LogP) is 4.03. The maximum absolute atomic E-state index is 13.7. The topological polar surface area (TPSA) is 100 Å². The summed E-state index contributed by atoms with van der Waals surface area (Å²) in [5.74, 6) is 0.318. The molecule has 1 unspecified atom stereocenters. The smallest absolute Gasteiger partial charge is 0.265 e. The van der Waals surface area contributed by atoms with E-state index in [0.29, 0.717) is 29.5 Å². The fourth-order valence-corrected chi connectivity index (χ4v) is 5.95. The molecule has 2 aliphatic rings. The number of benzene rings is 2. The van der Waals surface area contributed by atoms with Gasteiger partial charge in [0.05, 0.1) is 4.90 Å². The standard InChI is InChI=1S/C23H26ClNO7S/c24-17-4-6-18(7-5-17)31-19-8-10-20(11-9-19)33(27,28)23(12-15-29-16-13-23)22(26)25-32-21-3-1-2-14-30-21/h4-11,21H,1-3,12-16H2,(H,25,26). The first-order chi connectivity index (χ1) is 15.9. The Labute approximate surface area is 198 Å². The summed E-state index contributed by atoms with van der Waals surface area (Å²) in [5, 5.41) is 0.586. The quantitative estimate of drug-likeness (QED) is 0.579. The van der Waals surface area contributed by atoms with E-state index in [4.69, 9.17) is 30.6 Å². The van der Waals surface area contributed by atoms with E-state index >= 15 is 0 Å². The van der Waals surface area contributed by atoms with Crippen LogP contribution in [0.3, 0.4) is 0 Å². The predicted molar refractivity (Wildman–Crippen MR) is 121 cm³/mol. The van der Waals surface area contributed by atoms with Crippen LogP contribution in [-0.4, -0.2) is 45.2 Å². The molecule has 2 aliphatic heterocycles. The highest BCUT2D eigenvalue weighted by molar-refractivity contribution is 7.93. The van der Waals surface area contributed by atoms with Gasteiger partial charge in [-0.3, -0.25) is 4.79 Å². The van der Waals surface area contributed by atoms with E-state index in [1.54, 1.807) is 36.4 Å². The summed E-state index contributed by atoms with van der Waals surface area (Å²) in [7, 11) is -4.06. The molecule has 2 fully saturated rings. The van der Waals surface area contributed by atoms with Crippen molar-refractivity contribution in [2.45, 2.75) is 48.0 Å². The zero-order valence-electron chi connectivity index (χ0n) is 18.0. The van der Waals surface area contributed by atoms with E-state index in [-0.39, 0.29) is 31.0 Å². The van der Waals surface area contributed by atoms with Gasteiger partial charge < -0.3 is 14.2 Å². The van der Waals surface area contributed by atoms with Crippen molar-refractivity contribution in [3.05, 3.63) is 53.6 Å². The van der Waals surface area contributed by atoms with E-state index < -0.39 is 26.8 Å². The molecule has 2 aromatic carbocycles. The van der Waals surface area contributed by atoms with Crippen LogP contribution in [0.25, 0.3) is 0 Å². The zero-order chi connectivity index (χ0) is 23.3. The van der Waals surface area contributed by atoms with Gasteiger partial charge in [-0.2, -0.15) is 0 Å². The van der Waals surface area contributed by atoms with E-state index in [0.717, 1.165) is 12.8 Å². The van der Waals surface area contributed by atoms with Gasteiger partial charge in [-0.15, -0.1) is 0 Å².